The molecule has 1 heterocycles. The van der Waals surface area contributed by atoms with E-state index >= 15 is 0 Å². The highest BCUT2D eigenvalue weighted by Gasteiger charge is 2.22. The van der Waals surface area contributed by atoms with Crippen molar-refractivity contribution in [2.75, 3.05) is 52.9 Å². The number of nitrogens with zero attached hydrogens (tertiary/aromatic N) is 2. The Morgan fingerprint density at radius 1 is 0.897 bits per heavy atom. The number of urea groups is 1. The van der Waals surface area contributed by atoms with E-state index in [0.717, 1.165) is 22.4 Å². The lowest BCUT2D eigenvalue weighted by Gasteiger charge is -2.28. The second kappa shape index (κ2) is 15.1. The number of benzene rings is 2. The van der Waals surface area contributed by atoms with Crippen molar-refractivity contribution in [2.45, 2.75) is 33.2 Å². The van der Waals surface area contributed by atoms with Gasteiger partial charge in [-0.25, -0.2) is 4.79 Å². The number of hydrogen-bond acceptors (Lipinski definition) is 6. The minimum Gasteiger partial charge on any atom is -0.493 e. The number of amides is 3. The topological polar surface area (TPSA) is 80.3 Å². The van der Waals surface area contributed by atoms with Crippen molar-refractivity contribution >= 4 is 29.0 Å². The number of aryl methyl sites for hydroxylation is 2. The highest BCUT2D eigenvalue weighted by atomic mass is 32.1. The van der Waals surface area contributed by atoms with Crippen molar-refractivity contribution in [3.05, 3.63) is 75.5 Å². The Balaban J connectivity index is 1.76. The summed E-state index contributed by atoms with van der Waals surface area (Å²) < 4.78 is 16.0. The molecule has 3 aromatic rings. The van der Waals surface area contributed by atoms with Gasteiger partial charge in [0.2, 0.25) is 5.91 Å². The van der Waals surface area contributed by atoms with Crippen LogP contribution in [0.1, 0.15) is 27.8 Å². The van der Waals surface area contributed by atoms with E-state index < -0.39 is 0 Å². The number of ether oxygens (including phenoxy) is 3. The number of thiophene rings is 1. The van der Waals surface area contributed by atoms with Crippen LogP contribution in [0, 0.1) is 6.92 Å². The summed E-state index contributed by atoms with van der Waals surface area (Å²) >= 11 is 1.67. The first kappa shape index (κ1) is 30.0. The molecular formula is C30H39N3O5S. The average molecular weight is 554 g/mol. The van der Waals surface area contributed by atoms with Crippen LogP contribution >= 0.6 is 11.3 Å². The van der Waals surface area contributed by atoms with Gasteiger partial charge in [-0.1, -0.05) is 25.1 Å². The van der Waals surface area contributed by atoms with Gasteiger partial charge in [-0.2, -0.15) is 0 Å². The fourth-order valence-electron chi connectivity index (χ4n) is 4.14. The number of rotatable bonds is 14. The van der Waals surface area contributed by atoms with Gasteiger partial charge < -0.3 is 29.3 Å². The summed E-state index contributed by atoms with van der Waals surface area (Å²) in [5, 5.41) is 2.94. The third-order valence-corrected chi connectivity index (χ3v) is 7.36. The normalized spacial score (nSPS) is 10.7. The Bertz CT molecular complexity index is 1230. The quantitative estimate of drug-likeness (QED) is 0.290. The molecule has 0 radical (unpaired) electrons. The SMILES string of the molecule is CCc1cccc(NC(=O)N(CCOC)CC(=O)N(CCc2ccc(OC)c(OC)c2)Cc2ccc(C)s2)c1. The van der Waals surface area contributed by atoms with Crippen molar-refractivity contribution in [1.82, 2.24) is 9.80 Å². The summed E-state index contributed by atoms with van der Waals surface area (Å²) in [6.45, 7) is 5.64. The summed E-state index contributed by atoms with van der Waals surface area (Å²) in [5.74, 6) is 1.18. The highest BCUT2D eigenvalue weighted by molar-refractivity contribution is 7.11. The molecule has 0 unspecified atom stereocenters. The first-order chi connectivity index (χ1) is 18.9. The first-order valence-corrected chi connectivity index (χ1v) is 13.9. The van der Waals surface area contributed by atoms with Crippen LogP contribution in [0.3, 0.4) is 0 Å². The molecular weight excluding hydrogens is 514 g/mol. The van der Waals surface area contributed by atoms with Crippen LogP contribution in [0.2, 0.25) is 0 Å². The third-order valence-electron chi connectivity index (χ3n) is 6.38. The van der Waals surface area contributed by atoms with Gasteiger partial charge in [-0.3, -0.25) is 4.79 Å². The van der Waals surface area contributed by atoms with Crippen LogP contribution in [0.5, 0.6) is 11.5 Å². The van der Waals surface area contributed by atoms with Gasteiger partial charge in [-0.05, 0) is 67.3 Å². The molecule has 3 amide bonds. The molecule has 0 saturated carbocycles. The maximum Gasteiger partial charge on any atom is 0.322 e. The summed E-state index contributed by atoms with van der Waals surface area (Å²) in [7, 11) is 4.79. The zero-order valence-electron chi connectivity index (χ0n) is 23.5. The molecule has 39 heavy (non-hydrogen) atoms. The first-order valence-electron chi connectivity index (χ1n) is 13.0. The van der Waals surface area contributed by atoms with Crippen LogP contribution in [0.4, 0.5) is 10.5 Å². The summed E-state index contributed by atoms with van der Waals surface area (Å²) in [6.07, 6.45) is 1.50. The van der Waals surface area contributed by atoms with Crippen LogP contribution < -0.4 is 14.8 Å². The van der Waals surface area contributed by atoms with Crippen LogP contribution in [0.25, 0.3) is 0 Å². The molecule has 0 atom stereocenters. The number of carbonyl (C=O) groups is 2. The Kier molecular flexibility index (Phi) is 11.6. The monoisotopic (exact) mass is 553 g/mol. The molecule has 0 aliphatic carbocycles. The lowest BCUT2D eigenvalue weighted by molar-refractivity contribution is -0.132. The van der Waals surface area contributed by atoms with Gasteiger partial charge >= 0.3 is 6.03 Å². The van der Waals surface area contributed by atoms with E-state index in [4.69, 9.17) is 14.2 Å². The second-order valence-electron chi connectivity index (χ2n) is 9.17. The smallest absolute Gasteiger partial charge is 0.322 e. The highest BCUT2D eigenvalue weighted by Crippen LogP contribution is 2.28. The van der Waals surface area contributed by atoms with Gasteiger partial charge in [0.1, 0.15) is 6.54 Å². The molecule has 9 heteroatoms. The number of hydrogen-bond donors (Lipinski definition) is 1. The molecule has 0 aliphatic heterocycles. The zero-order valence-corrected chi connectivity index (χ0v) is 24.3. The fourth-order valence-corrected chi connectivity index (χ4v) is 5.05. The maximum absolute atomic E-state index is 13.7. The van der Waals surface area contributed by atoms with Gasteiger partial charge in [0.15, 0.2) is 11.5 Å². The molecule has 0 saturated heterocycles. The van der Waals surface area contributed by atoms with E-state index in [2.05, 4.69) is 18.3 Å². The van der Waals surface area contributed by atoms with Crippen molar-refractivity contribution in [2.24, 2.45) is 0 Å². The average Bonchev–Trinajstić information content (AvgIpc) is 3.37. The molecule has 0 bridgehead atoms. The minimum absolute atomic E-state index is 0.0566. The second-order valence-corrected chi connectivity index (χ2v) is 10.5. The summed E-state index contributed by atoms with van der Waals surface area (Å²) in [5.41, 5.74) is 2.85. The largest absolute Gasteiger partial charge is 0.493 e. The molecule has 2 aromatic carbocycles. The van der Waals surface area contributed by atoms with Crippen molar-refractivity contribution < 1.29 is 23.8 Å². The maximum atomic E-state index is 13.7. The summed E-state index contributed by atoms with van der Waals surface area (Å²) in [4.78, 5) is 32.5. The van der Waals surface area contributed by atoms with E-state index in [1.165, 1.54) is 9.78 Å². The Morgan fingerprint density at radius 3 is 2.36 bits per heavy atom. The number of anilines is 1. The van der Waals surface area contributed by atoms with E-state index in [-0.39, 0.29) is 18.5 Å². The van der Waals surface area contributed by atoms with Crippen molar-refractivity contribution in [3.63, 3.8) is 0 Å². The van der Waals surface area contributed by atoms with Crippen LogP contribution in [-0.4, -0.2) is 69.3 Å². The Hall–Kier alpha value is -3.56. The van der Waals surface area contributed by atoms with E-state index in [1.807, 2.05) is 60.4 Å². The molecule has 1 N–H and O–H groups in total. The predicted octanol–water partition coefficient (Wildman–Crippen LogP) is 5.39. The van der Waals surface area contributed by atoms with E-state index in [0.29, 0.717) is 49.8 Å². The molecule has 0 fully saturated rings. The van der Waals surface area contributed by atoms with Crippen LogP contribution in [0.15, 0.2) is 54.6 Å². The lowest BCUT2D eigenvalue weighted by atomic mass is 10.1. The lowest BCUT2D eigenvalue weighted by Crippen LogP contribution is -2.46. The fraction of sp³-hybridized carbons (Fsp3) is 0.400. The Labute approximate surface area is 235 Å². The number of methoxy groups -OCH3 is 3. The van der Waals surface area contributed by atoms with Gasteiger partial charge in [-0.15, -0.1) is 11.3 Å². The molecule has 8 nitrogen and oxygen atoms in total. The van der Waals surface area contributed by atoms with E-state index in [9.17, 15) is 9.59 Å². The van der Waals surface area contributed by atoms with Gasteiger partial charge in [0, 0.05) is 35.6 Å². The molecule has 210 valence electrons. The van der Waals surface area contributed by atoms with Crippen molar-refractivity contribution in [1.29, 1.82) is 0 Å². The van der Waals surface area contributed by atoms with Crippen LogP contribution in [-0.2, 0) is 28.9 Å². The Morgan fingerprint density at radius 2 is 1.69 bits per heavy atom. The number of nitrogens with one attached hydrogen (secondary N) is 1. The molecule has 0 spiro atoms. The minimum atomic E-state index is -0.333. The predicted molar refractivity (Wildman–Crippen MR) is 156 cm³/mol. The van der Waals surface area contributed by atoms with Gasteiger partial charge in [0.25, 0.3) is 0 Å². The number of carbonyl (C=O) groups excluding carboxylic acids is 2. The van der Waals surface area contributed by atoms with Crippen molar-refractivity contribution in [3.8, 4) is 11.5 Å². The molecule has 1 aromatic heterocycles. The molecule has 3 rings (SSSR count). The summed E-state index contributed by atoms with van der Waals surface area (Å²) in [6, 6.07) is 17.3. The zero-order chi connectivity index (χ0) is 28.2. The molecule has 0 aliphatic rings. The van der Waals surface area contributed by atoms with E-state index in [1.54, 1.807) is 32.7 Å². The van der Waals surface area contributed by atoms with Gasteiger partial charge in [0.05, 0.1) is 27.4 Å². The third kappa shape index (κ3) is 9.01. The standard InChI is InChI=1S/C30H39N3O5S/c1-6-23-8-7-9-25(18-23)31-30(35)33(16-17-36-3)21-29(34)32(20-26-12-10-22(2)39-26)15-14-24-11-13-27(37-4)28(19-24)38-5/h7-13,18-19H,6,14-17,20-21H2,1-5H3,(H,31,35).